The maximum Gasteiger partial charge on any atom is 0.352 e. The number of carboxylic acids is 1. The van der Waals surface area contributed by atoms with Crippen LogP contribution in [0.1, 0.15) is 21.9 Å². The van der Waals surface area contributed by atoms with E-state index in [0.29, 0.717) is 16.0 Å². The highest BCUT2D eigenvalue weighted by molar-refractivity contribution is 7.86. The van der Waals surface area contributed by atoms with Gasteiger partial charge < -0.3 is 10.4 Å². The molecular formula is C27H22F2N2O5S2. The van der Waals surface area contributed by atoms with Gasteiger partial charge in [0.2, 0.25) is 5.91 Å². The maximum absolute atomic E-state index is 14.7. The van der Waals surface area contributed by atoms with E-state index in [1.165, 1.54) is 11.3 Å². The fraction of sp³-hybridized carbons (Fsp3) is 0.222. The van der Waals surface area contributed by atoms with Gasteiger partial charge in [-0.05, 0) is 22.6 Å². The molecule has 196 valence electrons. The van der Waals surface area contributed by atoms with Crippen LogP contribution in [0, 0.1) is 0 Å². The number of benzene rings is 2. The summed E-state index contributed by atoms with van der Waals surface area (Å²) in [6.07, 6.45) is -3.31. The molecule has 0 spiro atoms. The molecule has 2 aliphatic heterocycles. The van der Waals surface area contributed by atoms with Crippen molar-refractivity contribution in [2.45, 2.75) is 35.4 Å². The fourth-order valence-electron chi connectivity index (χ4n) is 5.05. The lowest BCUT2D eigenvalue weighted by Crippen LogP contribution is -2.75. The Morgan fingerprint density at radius 1 is 1.00 bits per heavy atom. The number of fused-ring (bicyclic) bond motifs is 1. The van der Waals surface area contributed by atoms with Crippen molar-refractivity contribution < 1.29 is 32.5 Å². The largest absolute Gasteiger partial charge is 0.477 e. The number of amides is 2. The Hall–Kier alpha value is -3.70. The van der Waals surface area contributed by atoms with E-state index in [1.54, 1.807) is 78.2 Å². The van der Waals surface area contributed by atoms with Crippen molar-refractivity contribution in [3.05, 3.63) is 105 Å². The van der Waals surface area contributed by atoms with Crippen molar-refractivity contribution in [1.82, 2.24) is 10.2 Å². The SMILES string of the molecule is O=C(Cc1cccs1)NC1C(=O)N2C(C(=O)O)=C(C(F)F)C(C(c3ccccc3)c3ccccc3)S(=O)[C@H]12. The van der Waals surface area contributed by atoms with Gasteiger partial charge in [-0.3, -0.25) is 18.7 Å². The summed E-state index contributed by atoms with van der Waals surface area (Å²) in [5, 5.41) is 11.6. The first-order chi connectivity index (χ1) is 18.3. The number of alkyl halides is 2. The maximum atomic E-state index is 14.7. The normalized spacial score (nSPS) is 22.8. The lowest BCUT2D eigenvalue weighted by Gasteiger charge is -2.52. The molecule has 0 saturated carbocycles. The molecular weight excluding hydrogens is 534 g/mol. The number of nitrogens with zero attached hydrogens (tertiary/aromatic N) is 1. The Morgan fingerprint density at radius 2 is 1.61 bits per heavy atom. The third-order valence-corrected chi connectivity index (χ3v) is 9.50. The zero-order valence-electron chi connectivity index (χ0n) is 19.7. The van der Waals surface area contributed by atoms with Crippen LogP contribution < -0.4 is 5.32 Å². The molecule has 0 radical (unpaired) electrons. The van der Waals surface area contributed by atoms with E-state index in [9.17, 15) is 32.5 Å². The molecule has 11 heteroatoms. The van der Waals surface area contributed by atoms with Crippen LogP contribution in [0.4, 0.5) is 8.78 Å². The van der Waals surface area contributed by atoms with E-state index in [2.05, 4.69) is 5.32 Å². The van der Waals surface area contributed by atoms with Crippen molar-refractivity contribution in [2.75, 3.05) is 0 Å². The standard InChI is InChI=1S/C27H22F2N2O5S2/c28-24(29)20-22(27(34)35)31-25(33)21(30-18(32)14-17-12-7-13-37-17)26(31)38(36)23(20)19(15-8-3-1-4-9-15)16-10-5-2-6-11-16/h1-13,19,21,23-24,26H,14H2,(H,30,32)(H,34,35)/t21?,23?,26-,38?/m1/s1. The van der Waals surface area contributed by atoms with Crippen LogP contribution in [0.5, 0.6) is 0 Å². The Morgan fingerprint density at radius 3 is 2.11 bits per heavy atom. The predicted octanol–water partition coefficient (Wildman–Crippen LogP) is 3.51. The number of β-lactam (4-membered cyclic amide) rings is 1. The Balaban J connectivity index is 1.61. The van der Waals surface area contributed by atoms with Gasteiger partial charge in [0.05, 0.1) is 22.5 Å². The Kier molecular flexibility index (Phi) is 7.22. The molecule has 0 bridgehead atoms. The number of rotatable bonds is 8. The summed E-state index contributed by atoms with van der Waals surface area (Å²) >= 11 is 1.35. The number of aliphatic carboxylic acids is 1. The molecule has 2 amide bonds. The van der Waals surface area contributed by atoms with Gasteiger partial charge in [-0.1, -0.05) is 66.7 Å². The first-order valence-electron chi connectivity index (χ1n) is 11.7. The van der Waals surface area contributed by atoms with Gasteiger partial charge in [0, 0.05) is 16.4 Å². The van der Waals surface area contributed by atoms with Gasteiger partial charge in [-0.15, -0.1) is 11.3 Å². The van der Waals surface area contributed by atoms with Crippen LogP contribution in [0.15, 0.2) is 89.4 Å². The Bertz CT molecular complexity index is 1370. The second kappa shape index (κ2) is 10.6. The molecule has 3 heterocycles. The van der Waals surface area contributed by atoms with Crippen molar-refractivity contribution in [1.29, 1.82) is 0 Å². The molecule has 2 N–H and O–H groups in total. The van der Waals surface area contributed by atoms with E-state index in [1.807, 2.05) is 0 Å². The average Bonchev–Trinajstić information content (AvgIpc) is 3.41. The molecule has 7 nitrogen and oxygen atoms in total. The summed E-state index contributed by atoms with van der Waals surface area (Å²) in [7, 11) is -2.20. The average molecular weight is 557 g/mol. The molecule has 1 saturated heterocycles. The summed E-state index contributed by atoms with van der Waals surface area (Å²) in [6, 6.07) is 19.4. The zero-order valence-corrected chi connectivity index (χ0v) is 21.3. The molecule has 2 aromatic carbocycles. The summed E-state index contributed by atoms with van der Waals surface area (Å²) in [5.41, 5.74) is -0.601. The van der Waals surface area contributed by atoms with Gasteiger partial charge in [0.1, 0.15) is 17.1 Å². The highest BCUT2D eigenvalue weighted by Crippen LogP contribution is 2.46. The number of halogens is 2. The predicted molar refractivity (Wildman–Crippen MR) is 138 cm³/mol. The van der Waals surface area contributed by atoms with Crippen molar-refractivity contribution in [2.24, 2.45) is 0 Å². The van der Waals surface area contributed by atoms with Gasteiger partial charge in [0.25, 0.3) is 12.3 Å². The van der Waals surface area contributed by atoms with Gasteiger partial charge in [0.15, 0.2) is 0 Å². The molecule has 1 aromatic heterocycles. The third kappa shape index (κ3) is 4.56. The van der Waals surface area contributed by atoms with Crippen molar-refractivity contribution in [3.63, 3.8) is 0 Å². The molecule has 4 atom stereocenters. The first-order valence-corrected chi connectivity index (χ1v) is 13.8. The highest BCUT2D eigenvalue weighted by atomic mass is 32.2. The van der Waals surface area contributed by atoms with Crippen LogP contribution in [-0.2, 0) is 31.6 Å². The number of carboxylic acid groups (broad SMARTS) is 1. The van der Waals surface area contributed by atoms with Crippen molar-refractivity contribution >= 4 is 39.9 Å². The van der Waals surface area contributed by atoms with E-state index in [-0.39, 0.29) is 6.42 Å². The molecule has 38 heavy (non-hydrogen) atoms. The molecule has 3 aromatic rings. The minimum Gasteiger partial charge on any atom is -0.477 e. The lowest BCUT2D eigenvalue weighted by atomic mass is 9.84. The second-order valence-corrected chi connectivity index (χ2v) is 11.5. The summed E-state index contributed by atoms with van der Waals surface area (Å²) in [5.74, 6) is -4.00. The summed E-state index contributed by atoms with van der Waals surface area (Å²) in [6.45, 7) is 0. The van der Waals surface area contributed by atoms with Gasteiger partial charge >= 0.3 is 5.97 Å². The Labute approximate surface area is 223 Å². The number of hydrogen-bond donors (Lipinski definition) is 2. The lowest BCUT2D eigenvalue weighted by molar-refractivity contribution is -0.151. The van der Waals surface area contributed by atoms with E-state index in [0.717, 1.165) is 4.88 Å². The van der Waals surface area contributed by atoms with E-state index in [4.69, 9.17) is 0 Å². The smallest absolute Gasteiger partial charge is 0.352 e. The van der Waals surface area contributed by atoms with Crippen LogP contribution in [0.2, 0.25) is 0 Å². The molecule has 1 fully saturated rings. The second-order valence-electron chi connectivity index (χ2n) is 8.86. The number of hydrogen-bond acceptors (Lipinski definition) is 5. The number of carbonyl (C=O) groups excluding carboxylic acids is 2. The van der Waals surface area contributed by atoms with Gasteiger partial charge in [-0.25, -0.2) is 13.6 Å². The molecule has 3 unspecified atom stereocenters. The summed E-state index contributed by atoms with van der Waals surface area (Å²) in [4.78, 5) is 39.4. The molecule has 5 rings (SSSR count). The first kappa shape index (κ1) is 25.9. The van der Waals surface area contributed by atoms with Crippen LogP contribution in [0.3, 0.4) is 0 Å². The molecule has 0 aliphatic carbocycles. The number of thiophene rings is 1. The van der Waals surface area contributed by atoms with Crippen LogP contribution >= 0.6 is 11.3 Å². The fourth-order valence-corrected chi connectivity index (χ4v) is 7.97. The van der Waals surface area contributed by atoms with E-state index < -0.39 is 68.9 Å². The van der Waals surface area contributed by atoms with Crippen LogP contribution in [0.25, 0.3) is 0 Å². The number of nitrogens with one attached hydrogen (secondary N) is 1. The van der Waals surface area contributed by atoms with Crippen LogP contribution in [-0.4, -0.2) is 55.1 Å². The number of carbonyl (C=O) groups is 3. The van der Waals surface area contributed by atoms with Gasteiger partial charge in [-0.2, -0.15) is 0 Å². The highest BCUT2D eigenvalue weighted by Gasteiger charge is 2.62. The van der Waals surface area contributed by atoms with E-state index >= 15 is 0 Å². The zero-order chi connectivity index (χ0) is 27.0. The minimum atomic E-state index is -3.29. The van der Waals surface area contributed by atoms with Crippen molar-refractivity contribution in [3.8, 4) is 0 Å². The quantitative estimate of drug-likeness (QED) is 0.414. The topological polar surface area (TPSA) is 104 Å². The monoisotopic (exact) mass is 556 g/mol. The third-order valence-electron chi connectivity index (χ3n) is 6.64. The minimum absolute atomic E-state index is 0.0230. The summed E-state index contributed by atoms with van der Waals surface area (Å²) < 4.78 is 43.4. The molecule has 2 aliphatic rings.